The molecule has 1 aromatic carbocycles. The van der Waals surface area contributed by atoms with E-state index in [2.05, 4.69) is 37.9 Å². The number of hydrogen-bond donors (Lipinski definition) is 1. The summed E-state index contributed by atoms with van der Waals surface area (Å²) < 4.78 is 11.7. The van der Waals surface area contributed by atoms with Gasteiger partial charge < -0.3 is 14.8 Å². The maximum Gasteiger partial charge on any atom is 0.319 e. The van der Waals surface area contributed by atoms with Crippen LogP contribution in [-0.2, 0) is 0 Å². The number of ether oxygens (including phenoxy) is 2. The minimum atomic E-state index is -0.245. The Hall–Kier alpha value is -1.90. The monoisotopic (exact) mass is 413 g/mol. The van der Waals surface area contributed by atoms with Gasteiger partial charge in [0.1, 0.15) is 5.69 Å². The molecule has 0 aliphatic rings. The van der Waals surface area contributed by atoms with Crippen molar-refractivity contribution in [2.24, 2.45) is 0 Å². The van der Waals surface area contributed by atoms with E-state index >= 15 is 0 Å². The predicted octanol–water partition coefficient (Wildman–Crippen LogP) is 3.13. The molecule has 2 rings (SSSR count). The van der Waals surface area contributed by atoms with Crippen LogP contribution in [0.3, 0.4) is 0 Å². The van der Waals surface area contributed by atoms with Crippen molar-refractivity contribution in [3.05, 3.63) is 39.6 Å². The number of aromatic nitrogens is 2. The maximum atomic E-state index is 12.2. The molecular formula is C15H16IN3O3. The Bertz CT molecular complexity index is 647. The third-order valence-corrected chi connectivity index (χ3v) is 3.36. The smallest absolute Gasteiger partial charge is 0.319 e. The maximum absolute atomic E-state index is 12.2. The molecule has 0 bridgehead atoms. The zero-order chi connectivity index (χ0) is 15.9. The van der Waals surface area contributed by atoms with Crippen LogP contribution in [0.25, 0.3) is 0 Å². The fourth-order valence-electron chi connectivity index (χ4n) is 1.68. The Morgan fingerprint density at radius 2 is 1.86 bits per heavy atom. The lowest BCUT2D eigenvalue weighted by Gasteiger charge is -2.11. The lowest BCUT2D eigenvalue weighted by molar-refractivity contribution is 0.102. The molecule has 116 valence electrons. The van der Waals surface area contributed by atoms with E-state index in [4.69, 9.17) is 9.47 Å². The molecule has 7 heteroatoms. The lowest BCUT2D eigenvalue weighted by atomic mass is 10.2. The standard InChI is InChI=1S/C15H16IN3O3/c1-3-21-14-12(9-17-15(19-14)22-4-2)18-13(20)10-5-7-11(16)8-6-10/h5-9H,3-4H2,1-2H3,(H,18,20). The Labute approximate surface area is 142 Å². The van der Waals surface area contributed by atoms with Gasteiger partial charge in [0, 0.05) is 9.13 Å². The zero-order valence-corrected chi connectivity index (χ0v) is 14.5. The Morgan fingerprint density at radius 3 is 2.50 bits per heavy atom. The van der Waals surface area contributed by atoms with E-state index in [0.29, 0.717) is 30.3 Å². The van der Waals surface area contributed by atoms with Gasteiger partial charge in [0.25, 0.3) is 5.91 Å². The summed E-state index contributed by atoms with van der Waals surface area (Å²) in [6, 6.07) is 7.47. The Morgan fingerprint density at radius 1 is 1.18 bits per heavy atom. The molecule has 1 N–H and O–H groups in total. The molecular weight excluding hydrogens is 397 g/mol. The van der Waals surface area contributed by atoms with Gasteiger partial charge >= 0.3 is 6.01 Å². The molecule has 0 aliphatic carbocycles. The van der Waals surface area contributed by atoms with Crippen LogP contribution in [0.1, 0.15) is 24.2 Å². The van der Waals surface area contributed by atoms with Crippen molar-refractivity contribution in [1.29, 1.82) is 0 Å². The summed E-state index contributed by atoms with van der Waals surface area (Å²) in [6.45, 7) is 4.57. The average Bonchev–Trinajstić information content (AvgIpc) is 2.51. The number of halogens is 1. The third-order valence-electron chi connectivity index (χ3n) is 2.64. The second-order valence-electron chi connectivity index (χ2n) is 4.20. The molecule has 1 amide bonds. The molecule has 0 saturated carbocycles. The van der Waals surface area contributed by atoms with Crippen molar-refractivity contribution in [3.8, 4) is 11.9 Å². The summed E-state index contributed by atoms with van der Waals surface area (Å²) in [6.07, 6.45) is 1.48. The van der Waals surface area contributed by atoms with Gasteiger partial charge in [-0.3, -0.25) is 4.79 Å². The second-order valence-corrected chi connectivity index (χ2v) is 5.44. The fourth-order valence-corrected chi connectivity index (χ4v) is 2.04. The highest BCUT2D eigenvalue weighted by atomic mass is 127. The zero-order valence-electron chi connectivity index (χ0n) is 12.3. The first-order valence-corrected chi connectivity index (χ1v) is 7.91. The van der Waals surface area contributed by atoms with Gasteiger partial charge in [-0.05, 0) is 60.7 Å². The number of nitrogens with zero attached hydrogens (tertiary/aromatic N) is 2. The van der Waals surface area contributed by atoms with Crippen LogP contribution in [-0.4, -0.2) is 29.1 Å². The summed E-state index contributed by atoms with van der Waals surface area (Å²) in [5, 5.41) is 2.75. The van der Waals surface area contributed by atoms with Gasteiger partial charge in [0.2, 0.25) is 5.88 Å². The van der Waals surface area contributed by atoms with E-state index in [1.807, 2.05) is 26.0 Å². The van der Waals surface area contributed by atoms with Crippen LogP contribution >= 0.6 is 22.6 Å². The third kappa shape index (κ3) is 4.30. The molecule has 1 aromatic heterocycles. The van der Waals surface area contributed by atoms with Crippen LogP contribution in [0.4, 0.5) is 5.69 Å². The summed E-state index contributed by atoms with van der Waals surface area (Å²) in [7, 11) is 0. The summed E-state index contributed by atoms with van der Waals surface area (Å²) in [5.74, 6) is 0.0462. The van der Waals surface area contributed by atoms with Crippen LogP contribution in [0.2, 0.25) is 0 Å². The van der Waals surface area contributed by atoms with Crippen LogP contribution in [0.15, 0.2) is 30.5 Å². The summed E-state index contributed by atoms with van der Waals surface area (Å²) in [5.41, 5.74) is 0.964. The topological polar surface area (TPSA) is 73.3 Å². The molecule has 0 unspecified atom stereocenters. The summed E-state index contributed by atoms with van der Waals surface area (Å²) >= 11 is 2.19. The number of benzene rings is 1. The van der Waals surface area contributed by atoms with Crippen molar-refractivity contribution >= 4 is 34.2 Å². The number of amides is 1. The minimum absolute atomic E-state index is 0.221. The Balaban J connectivity index is 2.20. The number of carbonyl (C=O) groups excluding carboxylic acids is 1. The largest absolute Gasteiger partial charge is 0.476 e. The quantitative estimate of drug-likeness (QED) is 0.737. The highest BCUT2D eigenvalue weighted by molar-refractivity contribution is 14.1. The first kappa shape index (κ1) is 16.5. The van der Waals surface area contributed by atoms with Crippen molar-refractivity contribution in [3.63, 3.8) is 0 Å². The second kappa shape index (κ2) is 7.92. The van der Waals surface area contributed by atoms with Crippen molar-refractivity contribution in [1.82, 2.24) is 9.97 Å². The molecule has 6 nitrogen and oxygen atoms in total. The molecule has 0 atom stereocenters. The number of rotatable bonds is 6. The van der Waals surface area contributed by atoms with Gasteiger partial charge in [-0.2, -0.15) is 4.98 Å². The molecule has 0 spiro atoms. The normalized spacial score (nSPS) is 10.1. The van der Waals surface area contributed by atoms with Crippen molar-refractivity contribution in [2.45, 2.75) is 13.8 Å². The first-order chi connectivity index (χ1) is 10.6. The minimum Gasteiger partial charge on any atom is -0.476 e. The molecule has 22 heavy (non-hydrogen) atoms. The lowest BCUT2D eigenvalue weighted by Crippen LogP contribution is -2.14. The molecule has 0 aliphatic heterocycles. The molecule has 1 heterocycles. The summed E-state index contributed by atoms with van der Waals surface area (Å²) in [4.78, 5) is 20.4. The van der Waals surface area contributed by atoms with E-state index < -0.39 is 0 Å². The van der Waals surface area contributed by atoms with Crippen LogP contribution in [0, 0.1) is 3.57 Å². The van der Waals surface area contributed by atoms with Crippen LogP contribution in [0.5, 0.6) is 11.9 Å². The highest BCUT2D eigenvalue weighted by Gasteiger charge is 2.13. The van der Waals surface area contributed by atoms with Gasteiger partial charge in [0.05, 0.1) is 19.4 Å². The fraction of sp³-hybridized carbons (Fsp3) is 0.267. The van der Waals surface area contributed by atoms with E-state index in [9.17, 15) is 4.79 Å². The molecule has 0 radical (unpaired) electrons. The van der Waals surface area contributed by atoms with E-state index in [-0.39, 0.29) is 11.9 Å². The van der Waals surface area contributed by atoms with Gasteiger partial charge in [0.15, 0.2) is 0 Å². The van der Waals surface area contributed by atoms with Crippen LogP contribution < -0.4 is 14.8 Å². The van der Waals surface area contributed by atoms with E-state index in [1.54, 1.807) is 12.1 Å². The van der Waals surface area contributed by atoms with E-state index in [1.165, 1.54) is 6.20 Å². The van der Waals surface area contributed by atoms with Gasteiger partial charge in [-0.1, -0.05) is 0 Å². The number of carbonyl (C=O) groups is 1. The van der Waals surface area contributed by atoms with Crippen molar-refractivity contribution < 1.29 is 14.3 Å². The molecule has 2 aromatic rings. The molecule has 0 fully saturated rings. The number of anilines is 1. The number of nitrogens with one attached hydrogen (secondary N) is 1. The van der Waals surface area contributed by atoms with E-state index in [0.717, 1.165) is 3.57 Å². The first-order valence-electron chi connectivity index (χ1n) is 6.83. The van der Waals surface area contributed by atoms with Gasteiger partial charge in [-0.25, -0.2) is 4.98 Å². The average molecular weight is 413 g/mol. The predicted molar refractivity (Wildman–Crippen MR) is 91.5 cm³/mol. The number of hydrogen-bond acceptors (Lipinski definition) is 5. The Kier molecular flexibility index (Phi) is 5.93. The molecule has 0 saturated heterocycles. The SMILES string of the molecule is CCOc1ncc(NC(=O)c2ccc(I)cc2)c(OCC)n1. The van der Waals surface area contributed by atoms with Crippen molar-refractivity contribution in [2.75, 3.05) is 18.5 Å². The highest BCUT2D eigenvalue weighted by Crippen LogP contribution is 2.24. The van der Waals surface area contributed by atoms with Gasteiger partial charge in [-0.15, -0.1) is 0 Å².